The topological polar surface area (TPSA) is 88.2 Å². The van der Waals surface area contributed by atoms with Crippen molar-refractivity contribution < 1.29 is 28.2 Å². The number of amides is 3. The second-order valence-corrected chi connectivity index (χ2v) is 8.90. The third-order valence-electron chi connectivity index (χ3n) is 6.58. The lowest BCUT2D eigenvalue weighted by molar-refractivity contribution is -0.128. The van der Waals surface area contributed by atoms with Crippen LogP contribution in [-0.2, 0) is 14.3 Å². The van der Waals surface area contributed by atoms with Gasteiger partial charge in [0.05, 0.1) is 13.2 Å². The normalized spacial score (nSPS) is 19.1. The standard InChI is InChI=1S/C26H30FN3O5/c1-18-4-3-5-20(16-18)25(33)30-22(23(31)28-12-15-34-2)17-35-26(30)10-13-29(14-11-26)24(32)19-6-8-21(27)9-7-19/h3-9,16,22H,10-15,17H2,1-2H3,(H,28,31)/t22-/m1/s1. The number of carbonyl (C=O) groups excluding carboxylic acids is 3. The number of ether oxygens (including phenoxy) is 2. The summed E-state index contributed by atoms with van der Waals surface area (Å²) in [7, 11) is 1.55. The number of hydrogen-bond donors (Lipinski definition) is 1. The monoisotopic (exact) mass is 483 g/mol. The van der Waals surface area contributed by atoms with Crippen LogP contribution in [-0.4, -0.2) is 79.2 Å². The molecule has 2 fully saturated rings. The van der Waals surface area contributed by atoms with Gasteiger partial charge in [0, 0.05) is 50.7 Å². The van der Waals surface area contributed by atoms with Gasteiger partial charge in [-0.1, -0.05) is 17.7 Å². The van der Waals surface area contributed by atoms with Gasteiger partial charge in [-0.2, -0.15) is 0 Å². The fraction of sp³-hybridized carbons (Fsp3) is 0.423. The van der Waals surface area contributed by atoms with Gasteiger partial charge in [0.15, 0.2) is 0 Å². The van der Waals surface area contributed by atoms with Crippen LogP contribution in [0.1, 0.15) is 39.1 Å². The SMILES string of the molecule is COCCNC(=O)[C@H]1COC2(CCN(C(=O)c3ccc(F)cc3)CC2)N1C(=O)c1cccc(C)c1. The molecule has 0 bridgehead atoms. The van der Waals surface area contributed by atoms with Crippen LogP contribution >= 0.6 is 0 Å². The Morgan fingerprint density at radius 1 is 1.09 bits per heavy atom. The third kappa shape index (κ3) is 5.21. The fourth-order valence-electron chi connectivity index (χ4n) is 4.71. The maximum absolute atomic E-state index is 13.7. The number of nitrogens with zero attached hydrogens (tertiary/aromatic N) is 2. The van der Waals surface area contributed by atoms with Crippen LogP contribution in [0.25, 0.3) is 0 Å². The van der Waals surface area contributed by atoms with E-state index < -0.39 is 17.6 Å². The van der Waals surface area contributed by atoms with Crippen molar-refractivity contribution in [3.63, 3.8) is 0 Å². The molecule has 0 aliphatic carbocycles. The van der Waals surface area contributed by atoms with Crippen molar-refractivity contribution in [3.8, 4) is 0 Å². The van der Waals surface area contributed by atoms with Crippen LogP contribution in [0, 0.1) is 12.7 Å². The van der Waals surface area contributed by atoms with E-state index in [9.17, 15) is 18.8 Å². The second-order valence-electron chi connectivity index (χ2n) is 8.90. The molecule has 2 aliphatic heterocycles. The number of rotatable bonds is 6. The number of benzene rings is 2. The zero-order valence-electron chi connectivity index (χ0n) is 20.0. The Kier molecular flexibility index (Phi) is 7.47. The molecule has 2 aliphatic rings. The lowest BCUT2D eigenvalue weighted by Crippen LogP contribution is -2.60. The van der Waals surface area contributed by atoms with Crippen molar-refractivity contribution >= 4 is 17.7 Å². The summed E-state index contributed by atoms with van der Waals surface area (Å²) in [5, 5.41) is 2.82. The Balaban J connectivity index is 1.55. The summed E-state index contributed by atoms with van der Waals surface area (Å²) in [6, 6.07) is 11.9. The first kappa shape index (κ1) is 24.8. The molecule has 0 radical (unpaired) electrons. The molecule has 4 rings (SSSR count). The van der Waals surface area contributed by atoms with Crippen LogP contribution in [0.2, 0.25) is 0 Å². The molecule has 9 heteroatoms. The highest BCUT2D eigenvalue weighted by Crippen LogP contribution is 2.39. The van der Waals surface area contributed by atoms with Crippen molar-refractivity contribution in [2.45, 2.75) is 31.5 Å². The molecule has 1 atom stereocenters. The minimum Gasteiger partial charge on any atom is -0.383 e. The minimum atomic E-state index is -0.996. The predicted octanol–water partition coefficient (Wildman–Crippen LogP) is 2.37. The van der Waals surface area contributed by atoms with Gasteiger partial charge in [-0.3, -0.25) is 19.3 Å². The van der Waals surface area contributed by atoms with E-state index in [0.29, 0.717) is 50.2 Å². The molecule has 186 valence electrons. The molecule has 2 aromatic rings. The molecular formula is C26H30FN3O5. The molecule has 0 unspecified atom stereocenters. The molecule has 1 N–H and O–H groups in total. The Bertz CT molecular complexity index is 1080. The van der Waals surface area contributed by atoms with E-state index in [4.69, 9.17) is 9.47 Å². The fourth-order valence-corrected chi connectivity index (χ4v) is 4.71. The van der Waals surface area contributed by atoms with Gasteiger partial charge in [0.25, 0.3) is 11.8 Å². The van der Waals surface area contributed by atoms with Crippen LogP contribution in [0.5, 0.6) is 0 Å². The zero-order valence-corrected chi connectivity index (χ0v) is 20.0. The van der Waals surface area contributed by atoms with Crippen LogP contribution in [0.3, 0.4) is 0 Å². The predicted molar refractivity (Wildman–Crippen MR) is 126 cm³/mol. The van der Waals surface area contributed by atoms with Gasteiger partial charge in [0.1, 0.15) is 17.6 Å². The van der Waals surface area contributed by atoms with Crippen molar-refractivity contribution in [2.75, 3.05) is 40.0 Å². The van der Waals surface area contributed by atoms with Crippen LogP contribution < -0.4 is 5.32 Å². The van der Waals surface area contributed by atoms with E-state index in [-0.39, 0.29) is 24.3 Å². The number of likely N-dealkylation sites (tertiary alicyclic amines) is 1. The van der Waals surface area contributed by atoms with Gasteiger partial charge in [-0.15, -0.1) is 0 Å². The highest BCUT2D eigenvalue weighted by atomic mass is 19.1. The summed E-state index contributed by atoms with van der Waals surface area (Å²) in [6.45, 7) is 3.34. The Morgan fingerprint density at radius 2 is 1.80 bits per heavy atom. The summed E-state index contributed by atoms with van der Waals surface area (Å²) in [6.07, 6.45) is 0.721. The average molecular weight is 484 g/mol. The number of carbonyl (C=O) groups is 3. The first-order valence-electron chi connectivity index (χ1n) is 11.7. The van der Waals surface area contributed by atoms with Crippen molar-refractivity contribution in [1.29, 1.82) is 0 Å². The first-order chi connectivity index (χ1) is 16.8. The molecule has 3 amide bonds. The number of nitrogens with one attached hydrogen (secondary N) is 1. The number of methoxy groups -OCH3 is 1. The molecule has 2 aromatic carbocycles. The van der Waals surface area contributed by atoms with E-state index >= 15 is 0 Å². The van der Waals surface area contributed by atoms with Gasteiger partial charge >= 0.3 is 0 Å². The smallest absolute Gasteiger partial charge is 0.256 e. The summed E-state index contributed by atoms with van der Waals surface area (Å²) in [5.74, 6) is -1.19. The lowest BCUT2D eigenvalue weighted by atomic mass is 9.96. The van der Waals surface area contributed by atoms with E-state index in [1.165, 1.54) is 24.3 Å². The number of halogens is 1. The quantitative estimate of drug-likeness (QED) is 0.638. The molecule has 2 heterocycles. The highest BCUT2D eigenvalue weighted by molar-refractivity contribution is 5.99. The molecule has 0 saturated carbocycles. The highest BCUT2D eigenvalue weighted by Gasteiger charge is 2.54. The zero-order chi connectivity index (χ0) is 25.0. The van der Waals surface area contributed by atoms with E-state index in [1.54, 1.807) is 29.0 Å². The van der Waals surface area contributed by atoms with Crippen molar-refractivity contribution in [2.24, 2.45) is 0 Å². The molecule has 0 aromatic heterocycles. The Labute approximate surface area is 204 Å². The number of hydrogen-bond acceptors (Lipinski definition) is 5. The first-order valence-corrected chi connectivity index (χ1v) is 11.7. The molecule has 8 nitrogen and oxygen atoms in total. The van der Waals surface area contributed by atoms with Gasteiger partial charge < -0.3 is 19.7 Å². The van der Waals surface area contributed by atoms with Gasteiger partial charge in [-0.25, -0.2) is 4.39 Å². The summed E-state index contributed by atoms with van der Waals surface area (Å²) < 4.78 is 24.5. The minimum absolute atomic E-state index is 0.0717. The van der Waals surface area contributed by atoms with Gasteiger partial charge in [0.2, 0.25) is 5.91 Å². The molecule has 35 heavy (non-hydrogen) atoms. The number of aryl methyl sites for hydroxylation is 1. The summed E-state index contributed by atoms with van der Waals surface area (Å²) >= 11 is 0. The maximum Gasteiger partial charge on any atom is 0.256 e. The Morgan fingerprint density at radius 3 is 2.46 bits per heavy atom. The summed E-state index contributed by atoms with van der Waals surface area (Å²) in [5.41, 5.74) is 0.821. The van der Waals surface area contributed by atoms with Crippen molar-refractivity contribution in [3.05, 3.63) is 71.0 Å². The maximum atomic E-state index is 13.7. The van der Waals surface area contributed by atoms with E-state index in [1.807, 2.05) is 19.1 Å². The largest absolute Gasteiger partial charge is 0.383 e. The van der Waals surface area contributed by atoms with Crippen molar-refractivity contribution in [1.82, 2.24) is 15.1 Å². The average Bonchev–Trinajstić information content (AvgIpc) is 3.22. The third-order valence-corrected chi connectivity index (χ3v) is 6.58. The van der Waals surface area contributed by atoms with E-state index in [0.717, 1.165) is 5.56 Å². The molecule has 1 spiro atoms. The molecule has 2 saturated heterocycles. The van der Waals surface area contributed by atoms with Crippen LogP contribution in [0.15, 0.2) is 48.5 Å². The van der Waals surface area contributed by atoms with E-state index in [2.05, 4.69) is 5.32 Å². The van der Waals surface area contributed by atoms with Gasteiger partial charge in [-0.05, 0) is 43.3 Å². The van der Waals surface area contributed by atoms with Crippen LogP contribution in [0.4, 0.5) is 4.39 Å². The lowest BCUT2D eigenvalue weighted by Gasteiger charge is -2.44. The summed E-state index contributed by atoms with van der Waals surface area (Å²) in [4.78, 5) is 42.9. The second kappa shape index (κ2) is 10.5. The Hall–Kier alpha value is -3.30. The number of piperidine rings is 1. The molecular weight excluding hydrogens is 453 g/mol.